The van der Waals surface area contributed by atoms with Gasteiger partial charge in [-0.15, -0.1) is 0 Å². The molecule has 1 rings (SSSR count). The van der Waals surface area contributed by atoms with Crippen LogP contribution < -0.4 is 5.32 Å². The lowest BCUT2D eigenvalue weighted by molar-refractivity contribution is -0.139. The Morgan fingerprint density at radius 1 is 0.897 bits per heavy atom. The lowest BCUT2D eigenvalue weighted by atomic mass is 9.96. The maximum Gasteiger partial charge on any atom is 0.330 e. The number of benzene rings is 1. The van der Waals surface area contributed by atoms with E-state index in [1.165, 1.54) is 0 Å². The molecular formula is C22H33NO6. The molecule has 0 aromatic heterocycles. The van der Waals surface area contributed by atoms with E-state index in [0.29, 0.717) is 26.4 Å². The standard InChI is InChI=1S/C15H24O6.C7H9N/c1-5-13(16)20-9-7-18-11-15(3,4)12-19-8-10-21-14(17)6-2;1-8-7-5-3-2-4-6-7/h5-6H,1-2,7-12H2,3-4H3;2-6,8H,1H3. The fraction of sp³-hybridized carbons (Fsp3) is 0.455. The van der Waals surface area contributed by atoms with Gasteiger partial charge in [-0.3, -0.25) is 0 Å². The SMILES string of the molecule is C=CC(=O)OCCOCC(C)(C)COCCOC(=O)C=C.CNc1ccccc1. The topological polar surface area (TPSA) is 83.1 Å². The van der Waals surface area contributed by atoms with E-state index in [-0.39, 0.29) is 18.6 Å². The molecule has 0 fully saturated rings. The van der Waals surface area contributed by atoms with Crippen LogP contribution in [-0.4, -0.2) is 58.6 Å². The predicted octanol–water partition coefficient (Wildman–Crippen LogP) is 3.23. The van der Waals surface area contributed by atoms with Crippen LogP contribution in [0, 0.1) is 5.41 Å². The molecule has 0 bridgehead atoms. The lowest BCUT2D eigenvalue weighted by Crippen LogP contribution is -2.27. The molecule has 0 radical (unpaired) electrons. The minimum atomic E-state index is -0.463. The predicted molar refractivity (Wildman–Crippen MR) is 114 cm³/mol. The molecule has 1 N–H and O–H groups in total. The number of hydrogen-bond acceptors (Lipinski definition) is 7. The van der Waals surface area contributed by atoms with Crippen molar-refractivity contribution in [3.8, 4) is 0 Å². The van der Waals surface area contributed by atoms with Crippen molar-refractivity contribution in [2.45, 2.75) is 13.8 Å². The smallest absolute Gasteiger partial charge is 0.330 e. The Bertz CT molecular complexity index is 569. The zero-order chi connectivity index (χ0) is 22.0. The Hall–Kier alpha value is -2.64. The summed E-state index contributed by atoms with van der Waals surface area (Å²) in [4.78, 5) is 21.6. The van der Waals surface area contributed by atoms with Crippen LogP contribution in [0.4, 0.5) is 5.69 Å². The van der Waals surface area contributed by atoms with Gasteiger partial charge in [-0.25, -0.2) is 9.59 Å². The van der Waals surface area contributed by atoms with Gasteiger partial charge in [0.2, 0.25) is 0 Å². The van der Waals surface area contributed by atoms with Gasteiger partial charge in [0.25, 0.3) is 0 Å². The first-order valence-electron chi connectivity index (χ1n) is 9.31. The van der Waals surface area contributed by atoms with E-state index < -0.39 is 11.9 Å². The maximum absolute atomic E-state index is 10.8. The average molecular weight is 408 g/mol. The molecule has 162 valence electrons. The highest BCUT2D eigenvalue weighted by Crippen LogP contribution is 2.15. The molecule has 7 nitrogen and oxygen atoms in total. The van der Waals surface area contributed by atoms with E-state index in [1.807, 2.05) is 51.2 Å². The van der Waals surface area contributed by atoms with Crippen LogP contribution >= 0.6 is 0 Å². The molecule has 1 aromatic carbocycles. The van der Waals surface area contributed by atoms with Gasteiger partial charge in [0.1, 0.15) is 13.2 Å². The second-order valence-corrected chi connectivity index (χ2v) is 6.63. The fourth-order valence-corrected chi connectivity index (χ4v) is 1.86. The summed E-state index contributed by atoms with van der Waals surface area (Å²) in [6.07, 6.45) is 2.22. The van der Waals surface area contributed by atoms with E-state index in [9.17, 15) is 9.59 Å². The molecule has 0 aliphatic rings. The zero-order valence-corrected chi connectivity index (χ0v) is 17.6. The summed E-state index contributed by atoms with van der Waals surface area (Å²) in [5.41, 5.74) is 0.970. The van der Waals surface area contributed by atoms with Crippen molar-refractivity contribution in [1.82, 2.24) is 0 Å². The van der Waals surface area contributed by atoms with Crippen molar-refractivity contribution in [2.24, 2.45) is 5.41 Å². The summed E-state index contributed by atoms with van der Waals surface area (Å²) in [5, 5.41) is 3.03. The molecule has 1 aromatic rings. The molecule has 7 heteroatoms. The van der Waals surface area contributed by atoms with Crippen LogP contribution in [-0.2, 0) is 28.5 Å². The van der Waals surface area contributed by atoms with Gasteiger partial charge in [0.05, 0.1) is 26.4 Å². The van der Waals surface area contributed by atoms with Crippen molar-refractivity contribution in [2.75, 3.05) is 52.0 Å². The molecular weight excluding hydrogens is 374 g/mol. The van der Waals surface area contributed by atoms with Crippen molar-refractivity contribution in [3.63, 3.8) is 0 Å². The first-order chi connectivity index (χ1) is 13.8. The Balaban J connectivity index is 0.000000807. The first-order valence-corrected chi connectivity index (χ1v) is 9.31. The maximum atomic E-state index is 10.8. The Kier molecular flexibility index (Phi) is 14.8. The number of carbonyl (C=O) groups is 2. The number of carbonyl (C=O) groups excluding carboxylic acids is 2. The monoisotopic (exact) mass is 407 g/mol. The van der Waals surface area contributed by atoms with Crippen LogP contribution in [0.1, 0.15) is 13.8 Å². The zero-order valence-electron chi connectivity index (χ0n) is 17.6. The molecule has 0 heterocycles. The summed E-state index contributed by atoms with van der Waals surface area (Å²) in [7, 11) is 1.91. The highest BCUT2D eigenvalue weighted by Gasteiger charge is 2.18. The molecule has 0 amide bonds. The van der Waals surface area contributed by atoms with Crippen LogP contribution in [0.3, 0.4) is 0 Å². The summed E-state index contributed by atoms with van der Waals surface area (Å²) in [5.74, 6) is -0.925. The normalized spacial score (nSPS) is 10.2. The van der Waals surface area contributed by atoms with Gasteiger partial charge < -0.3 is 24.3 Å². The van der Waals surface area contributed by atoms with Crippen molar-refractivity contribution < 1.29 is 28.5 Å². The largest absolute Gasteiger partial charge is 0.460 e. The second kappa shape index (κ2) is 16.3. The molecule has 0 aliphatic heterocycles. The molecule has 0 saturated carbocycles. The first kappa shape index (κ1) is 26.4. The number of anilines is 1. The molecule has 0 spiro atoms. The third-order valence-electron chi connectivity index (χ3n) is 3.33. The Morgan fingerprint density at radius 3 is 1.69 bits per heavy atom. The van der Waals surface area contributed by atoms with E-state index >= 15 is 0 Å². The van der Waals surface area contributed by atoms with E-state index in [4.69, 9.17) is 18.9 Å². The highest BCUT2D eigenvalue weighted by molar-refractivity contribution is 5.81. The van der Waals surface area contributed by atoms with E-state index in [2.05, 4.69) is 18.5 Å². The summed E-state index contributed by atoms with van der Waals surface area (Å²) in [6.45, 7) is 12.5. The van der Waals surface area contributed by atoms with Crippen molar-refractivity contribution >= 4 is 17.6 Å². The molecule has 0 saturated heterocycles. The summed E-state index contributed by atoms with van der Waals surface area (Å²) in [6, 6.07) is 10.1. The lowest BCUT2D eigenvalue weighted by Gasteiger charge is -2.24. The average Bonchev–Trinajstić information content (AvgIpc) is 2.73. The van der Waals surface area contributed by atoms with Crippen molar-refractivity contribution in [1.29, 1.82) is 0 Å². The third kappa shape index (κ3) is 16.1. The quantitative estimate of drug-likeness (QED) is 0.305. The number of nitrogens with one attached hydrogen (secondary N) is 1. The third-order valence-corrected chi connectivity index (χ3v) is 3.33. The summed E-state index contributed by atoms with van der Waals surface area (Å²) >= 11 is 0. The van der Waals surface area contributed by atoms with Crippen molar-refractivity contribution in [3.05, 3.63) is 55.6 Å². The van der Waals surface area contributed by atoms with Crippen LogP contribution in [0.25, 0.3) is 0 Å². The van der Waals surface area contributed by atoms with Gasteiger partial charge in [-0.2, -0.15) is 0 Å². The van der Waals surface area contributed by atoms with Gasteiger partial charge in [-0.1, -0.05) is 45.2 Å². The number of hydrogen-bond donors (Lipinski definition) is 1. The van der Waals surface area contributed by atoms with Gasteiger partial charge in [0.15, 0.2) is 0 Å². The molecule has 0 aliphatic carbocycles. The minimum Gasteiger partial charge on any atom is -0.460 e. The Morgan fingerprint density at radius 2 is 1.34 bits per heavy atom. The molecule has 0 atom stereocenters. The second-order valence-electron chi connectivity index (χ2n) is 6.63. The van der Waals surface area contributed by atoms with Crippen LogP contribution in [0.2, 0.25) is 0 Å². The fourth-order valence-electron chi connectivity index (χ4n) is 1.86. The number of para-hydroxylation sites is 1. The molecule has 0 unspecified atom stereocenters. The number of esters is 2. The minimum absolute atomic E-state index is 0.190. The van der Waals surface area contributed by atoms with Crippen LogP contribution in [0.15, 0.2) is 55.6 Å². The van der Waals surface area contributed by atoms with Gasteiger partial charge in [-0.05, 0) is 12.1 Å². The van der Waals surface area contributed by atoms with E-state index in [0.717, 1.165) is 17.8 Å². The van der Waals surface area contributed by atoms with Gasteiger partial charge >= 0.3 is 11.9 Å². The highest BCUT2D eigenvalue weighted by atomic mass is 16.6. The van der Waals surface area contributed by atoms with Crippen LogP contribution in [0.5, 0.6) is 0 Å². The van der Waals surface area contributed by atoms with E-state index in [1.54, 1.807) is 0 Å². The van der Waals surface area contributed by atoms with Gasteiger partial charge in [0, 0.05) is 30.3 Å². The molecule has 29 heavy (non-hydrogen) atoms. The summed E-state index contributed by atoms with van der Waals surface area (Å²) < 4.78 is 20.4. The Labute approximate surface area is 173 Å². The number of rotatable bonds is 13. The number of ether oxygens (including phenoxy) is 4.